The highest BCUT2D eigenvalue weighted by Gasteiger charge is 2.18. The first-order valence-electron chi connectivity index (χ1n) is 10.2. The van der Waals surface area contributed by atoms with E-state index >= 15 is 0 Å². The minimum Gasteiger partial charge on any atom is -0.341 e. The third-order valence-electron chi connectivity index (χ3n) is 5.19. The van der Waals surface area contributed by atoms with Crippen LogP contribution in [0.4, 0.5) is 11.4 Å². The van der Waals surface area contributed by atoms with Gasteiger partial charge in [-0.15, -0.1) is 0 Å². The predicted octanol–water partition coefficient (Wildman–Crippen LogP) is 3.97. The molecule has 2 amide bonds. The van der Waals surface area contributed by atoms with Crippen LogP contribution in [0.1, 0.15) is 22.8 Å². The Kier molecular flexibility index (Phi) is 5.86. The van der Waals surface area contributed by atoms with Crippen LogP contribution in [0.2, 0.25) is 0 Å². The number of amides is 2. The Morgan fingerprint density at radius 2 is 1.85 bits per heavy atom. The van der Waals surface area contributed by atoms with E-state index in [-0.39, 0.29) is 11.3 Å². The molecule has 0 saturated heterocycles. The van der Waals surface area contributed by atoms with Gasteiger partial charge in [0.15, 0.2) is 0 Å². The first-order valence-corrected chi connectivity index (χ1v) is 10.2. The molecule has 0 saturated carbocycles. The lowest BCUT2D eigenvalue weighted by atomic mass is 10.1. The van der Waals surface area contributed by atoms with Gasteiger partial charge in [0.25, 0.3) is 11.6 Å². The molecule has 0 aliphatic heterocycles. The van der Waals surface area contributed by atoms with E-state index in [1.165, 1.54) is 31.2 Å². The van der Waals surface area contributed by atoms with Crippen LogP contribution in [0, 0.1) is 17.0 Å². The van der Waals surface area contributed by atoms with Gasteiger partial charge in [-0.1, -0.05) is 24.3 Å². The number of aryl methyl sites for hydroxylation is 1. The van der Waals surface area contributed by atoms with Gasteiger partial charge < -0.3 is 15.0 Å². The summed E-state index contributed by atoms with van der Waals surface area (Å²) in [7, 11) is 0. The number of nitrogens with zero attached hydrogens (tertiary/aromatic N) is 3. The quantitative estimate of drug-likeness (QED) is 0.345. The van der Waals surface area contributed by atoms with Crippen molar-refractivity contribution in [1.29, 1.82) is 0 Å². The Bertz CT molecular complexity index is 1360. The van der Waals surface area contributed by atoms with Crippen LogP contribution in [0.5, 0.6) is 0 Å². The number of imidazole rings is 1. The van der Waals surface area contributed by atoms with E-state index in [0.717, 1.165) is 22.5 Å². The van der Waals surface area contributed by atoms with Gasteiger partial charge in [-0.05, 0) is 43.7 Å². The molecule has 0 radical (unpaired) electrons. The Morgan fingerprint density at radius 1 is 1.09 bits per heavy atom. The monoisotopic (exact) mass is 443 g/mol. The smallest absolute Gasteiger partial charge is 0.270 e. The summed E-state index contributed by atoms with van der Waals surface area (Å²) in [6.45, 7) is 3.54. The number of fused-ring (bicyclic) bond motifs is 1. The lowest BCUT2D eigenvalue weighted by Gasteiger charge is -2.14. The van der Waals surface area contributed by atoms with Crippen molar-refractivity contribution in [2.45, 2.75) is 19.9 Å². The highest BCUT2D eigenvalue weighted by Crippen LogP contribution is 2.22. The Morgan fingerprint density at radius 3 is 2.55 bits per heavy atom. The molecule has 2 aromatic carbocycles. The van der Waals surface area contributed by atoms with E-state index in [9.17, 15) is 19.7 Å². The molecule has 0 aliphatic carbocycles. The number of nitro benzene ring substituents is 1. The minimum absolute atomic E-state index is 0.107. The molecule has 2 aromatic heterocycles. The van der Waals surface area contributed by atoms with Gasteiger partial charge in [0.1, 0.15) is 11.7 Å². The van der Waals surface area contributed by atoms with Gasteiger partial charge in [0.2, 0.25) is 5.91 Å². The van der Waals surface area contributed by atoms with Crippen molar-refractivity contribution in [2.24, 2.45) is 0 Å². The topological polar surface area (TPSA) is 119 Å². The first-order chi connectivity index (χ1) is 15.8. The van der Waals surface area contributed by atoms with Crippen LogP contribution in [0.15, 0.2) is 73.1 Å². The zero-order chi connectivity index (χ0) is 23.5. The Labute approximate surface area is 189 Å². The number of pyridine rings is 1. The van der Waals surface area contributed by atoms with Crippen molar-refractivity contribution in [3.8, 4) is 11.3 Å². The molecule has 166 valence electrons. The maximum Gasteiger partial charge on any atom is 0.270 e. The fourth-order valence-electron chi connectivity index (χ4n) is 3.37. The maximum absolute atomic E-state index is 12.5. The highest BCUT2D eigenvalue weighted by atomic mass is 16.6. The fourth-order valence-corrected chi connectivity index (χ4v) is 3.37. The third kappa shape index (κ3) is 4.72. The molecule has 4 rings (SSSR count). The van der Waals surface area contributed by atoms with E-state index in [1.54, 1.807) is 12.1 Å². The van der Waals surface area contributed by atoms with Crippen LogP contribution in [-0.4, -0.2) is 32.2 Å². The second-order valence-corrected chi connectivity index (χ2v) is 7.62. The summed E-state index contributed by atoms with van der Waals surface area (Å²) in [5.74, 6) is -0.983. The summed E-state index contributed by atoms with van der Waals surface area (Å²) in [5, 5.41) is 16.2. The van der Waals surface area contributed by atoms with Crippen molar-refractivity contribution in [3.05, 3.63) is 94.3 Å². The Hall–Kier alpha value is -4.53. The number of hydrogen-bond donors (Lipinski definition) is 2. The second-order valence-electron chi connectivity index (χ2n) is 7.62. The first kappa shape index (κ1) is 21.7. The van der Waals surface area contributed by atoms with E-state index in [1.807, 2.05) is 48.0 Å². The molecule has 0 aliphatic rings. The minimum atomic E-state index is -0.849. The molecule has 0 fully saturated rings. The van der Waals surface area contributed by atoms with Crippen molar-refractivity contribution in [1.82, 2.24) is 14.7 Å². The standard InChI is InChI=1S/C24H21N5O4/c1-15-5-4-12-28-14-21(27-22(15)28)17-8-10-19(11-9-17)26-23(30)16(2)25-24(31)18-6-3-7-20(13-18)29(32)33/h3-14,16H,1-2H3,(H,25,31)(H,26,30). The number of carbonyl (C=O) groups excluding carboxylic acids is 2. The van der Waals surface area contributed by atoms with Gasteiger partial charge >= 0.3 is 0 Å². The van der Waals surface area contributed by atoms with E-state index in [0.29, 0.717) is 5.69 Å². The highest BCUT2D eigenvalue weighted by molar-refractivity contribution is 6.01. The van der Waals surface area contributed by atoms with E-state index in [4.69, 9.17) is 0 Å². The van der Waals surface area contributed by atoms with Crippen molar-refractivity contribution in [2.75, 3.05) is 5.32 Å². The number of nitro groups is 1. The fraction of sp³-hybridized carbons (Fsp3) is 0.125. The summed E-state index contributed by atoms with van der Waals surface area (Å²) >= 11 is 0. The molecule has 9 nitrogen and oxygen atoms in total. The average molecular weight is 443 g/mol. The number of hydrogen-bond acceptors (Lipinski definition) is 5. The molecule has 4 aromatic rings. The van der Waals surface area contributed by atoms with Crippen LogP contribution in [-0.2, 0) is 4.79 Å². The zero-order valence-electron chi connectivity index (χ0n) is 18.0. The lowest BCUT2D eigenvalue weighted by Crippen LogP contribution is -2.41. The number of benzene rings is 2. The maximum atomic E-state index is 12.5. The molecule has 2 N–H and O–H groups in total. The zero-order valence-corrected chi connectivity index (χ0v) is 18.0. The SMILES string of the molecule is Cc1cccn2cc(-c3ccc(NC(=O)C(C)NC(=O)c4cccc([N+](=O)[O-])c4)cc3)nc12. The molecule has 9 heteroatoms. The van der Waals surface area contributed by atoms with Crippen LogP contribution >= 0.6 is 0 Å². The van der Waals surface area contributed by atoms with Crippen molar-refractivity contribution >= 4 is 28.8 Å². The molecule has 0 spiro atoms. The number of aromatic nitrogens is 2. The van der Waals surface area contributed by atoms with Gasteiger partial charge in [0, 0.05) is 41.3 Å². The summed E-state index contributed by atoms with van der Waals surface area (Å²) in [6.07, 6.45) is 3.89. The van der Waals surface area contributed by atoms with Gasteiger partial charge in [0.05, 0.1) is 10.6 Å². The third-order valence-corrected chi connectivity index (χ3v) is 5.19. The van der Waals surface area contributed by atoms with Crippen LogP contribution < -0.4 is 10.6 Å². The van der Waals surface area contributed by atoms with Crippen LogP contribution in [0.25, 0.3) is 16.9 Å². The molecule has 1 unspecified atom stereocenters. The normalized spacial score (nSPS) is 11.7. The molecular weight excluding hydrogens is 422 g/mol. The number of anilines is 1. The van der Waals surface area contributed by atoms with E-state index in [2.05, 4.69) is 15.6 Å². The number of non-ortho nitro benzene ring substituents is 1. The molecule has 33 heavy (non-hydrogen) atoms. The van der Waals surface area contributed by atoms with Gasteiger partial charge in [-0.3, -0.25) is 19.7 Å². The summed E-state index contributed by atoms with van der Waals surface area (Å²) in [6, 6.07) is 15.7. The summed E-state index contributed by atoms with van der Waals surface area (Å²) in [4.78, 5) is 39.9. The number of nitrogens with one attached hydrogen (secondary N) is 2. The number of rotatable bonds is 6. The Balaban J connectivity index is 1.40. The summed E-state index contributed by atoms with van der Waals surface area (Å²) < 4.78 is 1.96. The molecule has 0 bridgehead atoms. The van der Waals surface area contributed by atoms with Crippen LogP contribution in [0.3, 0.4) is 0 Å². The van der Waals surface area contributed by atoms with Gasteiger partial charge in [-0.25, -0.2) is 4.98 Å². The van der Waals surface area contributed by atoms with Gasteiger partial charge in [-0.2, -0.15) is 0 Å². The summed E-state index contributed by atoms with van der Waals surface area (Å²) in [5.41, 5.74) is 4.17. The second kappa shape index (κ2) is 8.91. The molecule has 2 heterocycles. The van der Waals surface area contributed by atoms with Crippen molar-refractivity contribution in [3.63, 3.8) is 0 Å². The lowest BCUT2D eigenvalue weighted by molar-refractivity contribution is -0.384. The molecular formula is C24H21N5O4. The number of carbonyl (C=O) groups is 2. The average Bonchev–Trinajstić information content (AvgIpc) is 3.25. The predicted molar refractivity (Wildman–Crippen MR) is 124 cm³/mol. The largest absolute Gasteiger partial charge is 0.341 e. The van der Waals surface area contributed by atoms with E-state index < -0.39 is 22.8 Å². The molecule has 1 atom stereocenters. The van der Waals surface area contributed by atoms with Crippen molar-refractivity contribution < 1.29 is 14.5 Å².